The fourth-order valence-corrected chi connectivity index (χ4v) is 9.10. The third kappa shape index (κ3) is 2.82. The highest BCUT2D eigenvalue weighted by atomic mass is 16.7. The van der Waals surface area contributed by atoms with E-state index in [1.807, 2.05) is 0 Å². The van der Waals surface area contributed by atoms with Gasteiger partial charge in [-0.3, -0.25) is 0 Å². The normalized spacial score (nSPS) is 47.4. The van der Waals surface area contributed by atoms with Crippen LogP contribution < -0.4 is 0 Å². The number of carbonyl (C=O) groups is 1. The van der Waals surface area contributed by atoms with Crippen molar-refractivity contribution in [2.24, 2.45) is 34.5 Å². The molecule has 6 atom stereocenters. The summed E-state index contributed by atoms with van der Waals surface area (Å²) < 4.78 is 30.0. The van der Waals surface area contributed by atoms with Crippen molar-refractivity contribution >= 4 is 5.97 Å². The first kappa shape index (κ1) is 21.6. The lowest BCUT2D eigenvalue weighted by Gasteiger charge is -2.62. The van der Waals surface area contributed by atoms with E-state index in [4.69, 9.17) is 23.7 Å². The lowest BCUT2D eigenvalue weighted by atomic mass is 9.43. The van der Waals surface area contributed by atoms with Crippen molar-refractivity contribution in [1.29, 1.82) is 0 Å². The zero-order valence-corrected chi connectivity index (χ0v) is 19.8. The minimum atomic E-state index is -0.460. The molecule has 32 heavy (non-hydrogen) atoms. The van der Waals surface area contributed by atoms with E-state index in [0.29, 0.717) is 50.1 Å². The van der Waals surface area contributed by atoms with E-state index in [1.165, 1.54) is 19.1 Å². The molecule has 0 N–H and O–H groups in total. The van der Waals surface area contributed by atoms with Gasteiger partial charge in [-0.2, -0.15) is 0 Å². The van der Waals surface area contributed by atoms with Crippen molar-refractivity contribution in [3.8, 4) is 0 Å². The average Bonchev–Trinajstić information content (AvgIpc) is 3.51. The van der Waals surface area contributed by atoms with E-state index in [0.717, 1.165) is 44.9 Å². The zero-order valence-electron chi connectivity index (χ0n) is 19.8. The van der Waals surface area contributed by atoms with Crippen LogP contribution in [0, 0.1) is 34.5 Å². The molecular formula is C26H38O6. The SMILES string of the molecule is COC(=O)/C=C1\CC2C(CC[C@@]3(C)C2CCC32OCCO2)[C@@]2(C)CCC3(CC12)OCCO3. The summed E-state index contributed by atoms with van der Waals surface area (Å²) in [7, 11) is 1.48. The van der Waals surface area contributed by atoms with Crippen LogP contribution in [-0.4, -0.2) is 51.1 Å². The minimum absolute atomic E-state index is 0.0534. The number of carbonyl (C=O) groups excluding carboxylic acids is 1. The number of esters is 1. The molecule has 6 heteroatoms. The summed E-state index contributed by atoms with van der Waals surface area (Å²) in [5.41, 5.74) is 1.45. The van der Waals surface area contributed by atoms with Gasteiger partial charge in [0.05, 0.1) is 33.5 Å². The molecule has 0 aromatic carbocycles. The standard InChI is InChI=1S/C26H38O6/c1-23-8-9-25(29-10-11-30-25)16-21(23)17(15-22(27)28-3)14-18-19(23)4-6-24(2)20(18)5-7-26(24)31-12-13-32-26/h15,18-21H,4-14,16H2,1-3H3/b17-15+/t18?,19?,20?,21?,23-,24+/m1/s1. The van der Waals surface area contributed by atoms with E-state index >= 15 is 0 Å². The fraction of sp³-hybridized carbons (Fsp3) is 0.885. The van der Waals surface area contributed by atoms with Crippen LogP contribution in [0.2, 0.25) is 0 Å². The highest BCUT2D eigenvalue weighted by Gasteiger charge is 2.68. The summed E-state index contributed by atoms with van der Waals surface area (Å²) in [4.78, 5) is 12.4. The predicted octanol–water partition coefficient (Wildman–Crippen LogP) is 4.22. The molecule has 2 heterocycles. The molecule has 0 aromatic heterocycles. The van der Waals surface area contributed by atoms with Gasteiger partial charge in [0.15, 0.2) is 11.6 Å². The molecule has 2 saturated heterocycles. The Bertz CT molecular complexity index is 809. The number of methoxy groups -OCH3 is 1. The van der Waals surface area contributed by atoms with Gasteiger partial charge in [-0.15, -0.1) is 0 Å². The number of hydrogen-bond acceptors (Lipinski definition) is 6. The summed E-state index contributed by atoms with van der Waals surface area (Å²) in [6.45, 7) is 7.68. The maximum atomic E-state index is 12.4. The second-order valence-corrected chi connectivity index (χ2v) is 11.6. The molecule has 178 valence electrons. The van der Waals surface area contributed by atoms with E-state index in [1.54, 1.807) is 6.08 Å². The first-order valence-electron chi connectivity index (χ1n) is 12.7. The minimum Gasteiger partial charge on any atom is -0.466 e. The van der Waals surface area contributed by atoms with Crippen molar-refractivity contribution < 1.29 is 28.5 Å². The zero-order chi connectivity index (χ0) is 22.2. The molecule has 2 spiro atoms. The van der Waals surface area contributed by atoms with Gasteiger partial charge >= 0.3 is 5.97 Å². The monoisotopic (exact) mass is 446 g/mol. The maximum Gasteiger partial charge on any atom is 0.330 e. The smallest absolute Gasteiger partial charge is 0.330 e. The topological polar surface area (TPSA) is 63.2 Å². The molecule has 4 aliphatic carbocycles. The lowest BCUT2D eigenvalue weighted by molar-refractivity contribution is -0.252. The van der Waals surface area contributed by atoms with Gasteiger partial charge in [-0.1, -0.05) is 19.4 Å². The number of allylic oxidation sites excluding steroid dienone is 1. The summed E-state index contributed by atoms with van der Waals surface area (Å²) >= 11 is 0. The van der Waals surface area contributed by atoms with Crippen LogP contribution in [0.15, 0.2) is 11.6 Å². The van der Waals surface area contributed by atoms with E-state index in [-0.39, 0.29) is 16.8 Å². The average molecular weight is 447 g/mol. The van der Waals surface area contributed by atoms with Crippen LogP contribution in [0.1, 0.15) is 65.2 Å². The summed E-state index contributed by atoms with van der Waals surface area (Å²) in [6.07, 6.45) is 10.2. The van der Waals surface area contributed by atoms with Crippen molar-refractivity contribution in [2.75, 3.05) is 33.5 Å². The molecule has 4 saturated carbocycles. The molecule has 2 aliphatic heterocycles. The van der Waals surface area contributed by atoms with Crippen molar-refractivity contribution in [1.82, 2.24) is 0 Å². The van der Waals surface area contributed by atoms with Crippen LogP contribution in [0.5, 0.6) is 0 Å². The second kappa shape index (κ2) is 7.27. The fourth-order valence-electron chi connectivity index (χ4n) is 9.10. The van der Waals surface area contributed by atoms with E-state index in [2.05, 4.69) is 13.8 Å². The Morgan fingerprint density at radius 1 is 0.938 bits per heavy atom. The molecule has 6 aliphatic rings. The highest BCUT2D eigenvalue weighted by molar-refractivity contribution is 5.82. The van der Waals surface area contributed by atoms with Crippen LogP contribution in [0.4, 0.5) is 0 Å². The number of rotatable bonds is 1. The van der Waals surface area contributed by atoms with Gasteiger partial charge in [-0.05, 0) is 61.2 Å². The molecule has 0 amide bonds. The quantitative estimate of drug-likeness (QED) is 0.444. The Morgan fingerprint density at radius 2 is 1.62 bits per heavy atom. The molecule has 0 aromatic rings. The summed E-state index contributed by atoms with van der Waals surface area (Å²) in [5.74, 6) is 0.972. The third-order valence-electron chi connectivity index (χ3n) is 10.7. The highest BCUT2D eigenvalue weighted by Crippen LogP contribution is 2.71. The van der Waals surface area contributed by atoms with Gasteiger partial charge in [0.25, 0.3) is 0 Å². The first-order valence-corrected chi connectivity index (χ1v) is 12.7. The number of hydrogen-bond donors (Lipinski definition) is 0. The molecular weight excluding hydrogens is 408 g/mol. The third-order valence-corrected chi connectivity index (χ3v) is 10.7. The first-order chi connectivity index (χ1) is 15.3. The molecule has 0 bridgehead atoms. The lowest BCUT2D eigenvalue weighted by Crippen LogP contribution is -2.59. The predicted molar refractivity (Wildman–Crippen MR) is 116 cm³/mol. The van der Waals surface area contributed by atoms with Gasteiger partial charge in [0.2, 0.25) is 0 Å². The Morgan fingerprint density at radius 3 is 2.34 bits per heavy atom. The summed E-state index contributed by atoms with van der Waals surface area (Å²) in [5, 5.41) is 0. The number of fused-ring (bicyclic) bond motifs is 6. The molecule has 6 fully saturated rings. The molecule has 6 rings (SSSR count). The van der Waals surface area contributed by atoms with Crippen LogP contribution in [0.25, 0.3) is 0 Å². The molecule has 4 unspecified atom stereocenters. The van der Waals surface area contributed by atoms with Crippen LogP contribution >= 0.6 is 0 Å². The van der Waals surface area contributed by atoms with Gasteiger partial charge in [0, 0.05) is 30.8 Å². The van der Waals surface area contributed by atoms with Crippen molar-refractivity contribution in [2.45, 2.75) is 76.8 Å². The largest absolute Gasteiger partial charge is 0.466 e. The van der Waals surface area contributed by atoms with E-state index in [9.17, 15) is 4.79 Å². The Labute approximate surface area is 191 Å². The Kier molecular flexibility index (Phi) is 4.90. The second-order valence-electron chi connectivity index (χ2n) is 11.6. The van der Waals surface area contributed by atoms with Gasteiger partial charge in [0.1, 0.15) is 0 Å². The summed E-state index contributed by atoms with van der Waals surface area (Å²) in [6, 6.07) is 0. The maximum absolute atomic E-state index is 12.4. The van der Waals surface area contributed by atoms with Crippen molar-refractivity contribution in [3.63, 3.8) is 0 Å². The van der Waals surface area contributed by atoms with Gasteiger partial charge < -0.3 is 23.7 Å². The van der Waals surface area contributed by atoms with Crippen LogP contribution in [-0.2, 0) is 28.5 Å². The van der Waals surface area contributed by atoms with Crippen LogP contribution in [0.3, 0.4) is 0 Å². The molecule has 0 radical (unpaired) electrons. The molecule has 6 nitrogen and oxygen atoms in total. The van der Waals surface area contributed by atoms with Crippen molar-refractivity contribution in [3.05, 3.63) is 11.6 Å². The van der Waals surface area contributed by atoms with E-state index < -0.39 is 11.6 Å². The Hall–Kier alpha value is -0.950. The Balaban J connectivity index is 1.37. The number of ether oxygens (including phenoxy) is 5. The van der Waals surface area contributed by atoms with Gasteiger partial charge in [-0.25, -0.2) is 4.79 Å².